The molecule has 0 heterocycles. The van der Waals surface area contributed by atoms with Crippen molar-refractivity contribution in [3.8, 4) is 0 Å². The van der Waals surface area contributed by atoms with Crippen LogP contribution < -0.4 is 10.6 Å². The van der Waals surface area contributed by atoms with Gasteiger partial charge in [0, 0.05) is 20.0 Å². The van der Waals surface area contributed by atoms with E-state index < -0.39 is 0 Å². The molecule has 0 spiro atoms. The summed E-state index contributed by atoms with van der Waals surface area (Å²) in [5, 5.41) is 6.60. The Morgan fingerprint density at radius 1 is 1.28 bits per heavy atom. The van der Waals surface area contributed by atoms with E-state index in [1.807, 2.05) is 18.2 Å². The molecule has 1 aliphatic rings. The van der Waals surface area contributed by atoms with Crippen LogP contribution >= 0.6 is 24.0 Å². The molecule has 25 heavy (non-hydrogen) atoms. The summed E-state index contributed by atoms with van der Waals surface area (Å²) >= 11 is 0. The van der Waals surface area contributed by atoms with Crippen molar-refractivity contribution in [3.63, 3.8) is 0 Å². The molecule has 1 atom stereocenters. The molecule has 2 rings (SSSR count). The standard InChI is InChI=1S/C19H29N3O2.HI/c1-15(16-9-4-3-5-10-16)22-19(20-2)21-14-8-13-18(23)24-17-11-6-7-12-17;/h3-5,9-10,15,17H,6-8,11-14H2,1-2H3,(H2,20,21,22);1H. The van der Waals surface area contributed by atoms with Crippen LogP contribution in [0.1, 0.15) is 57.1 Å². The molecule has 1 aliphatic carbocycles. The summed E-state index contributed by atoms with van der Waals surface area (Å²) in [6.07, 6.45) is 5.77. The molecular formula is C19H30IN3O2. The summed E-state index contributed by atoms with van der Waals surface area (Å²) in [5.74, 6) is 0.666. The van der Waals surface area contributed by atoms with Gasteiger partial charge in [-0.2, -0.15) is 0 Å². The predicted molar refractivity (Wildman–Crippen MR) is 112 cm³/mol. The molecule has 1 fully saturated rings. The summed E-state index contributed by atoms with van der Waals surface area (Å²) in [4.78, 5) is 16.0. The maximum Gasteiger partial charge on any atom is 0.306 e. The largest absolute Gasteiger partial charge is 0.462 e. The molecule has 0 saturated heterocycles. The predicted octanol–water partition coefficient (Wildman–Crippen LogP) is 3.80. The molecule has 5 nitrogen and oxygen atoms in total. The highest BCUT2D eigenvalue weighted by molar-refractivity contribution is 14.0. The molecule has 1 unspecified atom stereocenters. The summed E-state index contributed by atoms with van der Waals surface area (Å²) in [6.45, 7) is 2.79. The van der Waals surface area contributed by atoms with Crippen molar-refractivity contribution in [2.24, 2.45) is 4.99 Å². The van der Waals surface area contributed by atoms with Gasteiger partial charge in [0.05, 0.1) is 6.04 Å². The number of ether oxygens (including phenoxy) is 1. The average Bonchev–Trinajstić information content (AvgIpc) is 3.11. The summed E-state index contributed by atoms with van der Waals surface area (Å²) in [5.41, 5.74) is 1.21. The van der Waals surface area contributed by atoms with Crippen molar-refractivity contribution >= 4 is 35.9 Å². The minimum absolute atomic E-state index is 0. The number of guanidine groups is 1. The number of esters is 1. The second-order valence-corrected chi connectivity index (χ2v) is 6.28. The highest BCUT2D eigenvalue weighted by atomic mass is 127. The molecule has 140 valence electrons. The van der Waals surface area contributed by atoms with Crippen LogP contribution in [-0.2, 0) is 9.53 Å². The molecule has 0 bridgehead atoms. The van der Waals surface area contributed by atoms with Crippen molar-refractivity contribution in [3.05, 3.63) is 35.9 Å². The van der Waals surface area contributed by atoms with Crippen LogP contribution in [0.5, 0.6) is 0 Å². The van der Waals surface area contributed by atoms with Gasteiger partial charge in [-0.1, -0.05) is 30.3 Å². The number of benzene rings is 1. The Labute approximate surface area is 168 Å². The lowest BCUT2D eigenvalue weighted by Gasteiger charge is -2.18. The summed E-state index contributed by atoms with van der Waals surface area (Å²) in [6, 6.07) is 10.4. The highest BCUT2D eigenvalue weighted by Crippen LogP contribution is 2.21. The smallest absolute Gasteiger partial charge is 0.306 e. The topological polar surface area (TPSA) is 62.7 Å². The van der Waals surface area contributed by atoms with E-state index in [0.29, 0.717) is 13.0 Å². The Balaban J connectivity index is 0.00000312. The monoisotopic (exact) mass is 459 g/mol. The van der Waals surface area contributed by atoms with Crippen molar-refractivity contribution in [2.45, 2.75) is 57.6 Å². The van der Waals surface area contributed by atoms with Crippen molar-refractivity contribution in [2.75, 3.05) is 13.6 Å². The number of carbonyl (C=O) groups is 1. The molecule has 6 heteroatoms. The van der Waals surface area contributed by atoms with E-state index >= 15 is 0 Å². The molecule has 0 radical (unpaired) electrons. The van der Waals surface area contributed by atoms with E-state index in [9.17, 15) is 4.79 Å². The fourth-order valence-corrected chi connectivity index (χ4v) is 2.92. The quantitative estimate of drug-likeness (QED) is 0.214. The molecule has 2 N–H and O–H groups in total. The second kappa shape index (κ2) is 12.1. The normalized spacial score (nSPS) is 16.0. The van der Waals surface area contributed by atoms with Crippen LogP contribution in [0.15, 0.2) is 35.3 Å². The van der Waals surface area contributed by atoms with E-state index in [1.54, 1.807) is 7.05 Å². The van der Waals surface area contributed by atoms with E-state index in [-0.39, 0.29) is 42.1 Å². The van der Waals surface area contributed by atoms with Crippen LogP contribution in [0, 0.1) is 0 Å². The Kier molecular flexibility index (Phi) is 10.5. The van der Waals surface area contributed by atoms with Gasteiger partial charge in [-0.25, -0.2) is 0 Å². The lowest BCUT2D eigenvalue weighted by Crippen LogP contribution is -2.39. The number of hydrogen-bond donors (Lipinski definition) is 2. The molecule has 0 aromatic heterocycles. The van der Waals surface area contributed by atoms with Crippen molar-refractivity contribution in [1.82, 2.24) is 10.6 Å². The van der Waals surface area contributed by atoms with E-state index in [4.69, 9.17) is 4.74 Å². The van der Waals surface area contributed by atoms with Gasteiger partial charge in [0.2, 0.25) is 0 Å². The van der Waals surface area contributed by atoms with Crippen LogP contribution in [-0.4, -0.2) is 31.6 Å². The number of halogens is 1. The highest BCUT2D eigenvalue weighted by Gasteiger charge is 2.18. The minimum Gasteiger partial charge on any atom is -0.462 e. The number of rotatable bonds is 7. The number of aliphatic imine (C=N–C) groups is 1. The number of nitrogens with one attached hydrogen (secondary N) is 2. The van der Waals surface area contributed by atoms with Gasteiger partial charge in [0.25, 0.3) is 0 Å². The molecular weight excluding hydrogens is 429 g/mol. The third kappa shape index (κ3) is 8.07. The number of carbonyl (C=O) groups excluding carboxylic acids is 1. The number of hydrogen-bond acceptors (Lipinski definition) is 3. The van der Waals surface area contributed by atoms with E-state index in [1.165, 1.54) is 18.4 Å². The Morgan fingerprint density at radius 2 is 1.96 bits per heavy atom. The second-order valence-electron chi connectivity index (χ2n) is 6.28. The molecule has 1 saturated carbocycles. The van der Waals surface area contributed by atoms with Gasteiger partial charge in [0.15, 0.2) is 5.96 Å². The van der Waals surface area contributed by atoms with Crippen LogP contribution in [0.25, 0.3) is 0 Å². The summed E-state index contributed by atoms with van der Waals surface area (Å²) in [7, 11) is 1.75. The SMILES string of the molecule is CN=C(NCCCC(=O)OC1CCCC1)NC(C)c1ccccc1.I. The Morgan fingerprint density at radius 3 is 2.60 bits per heavy atom. The van der Waals surface area contributed by atoms with Gasteiger partial charge in [-0.3, -0.25) is 9.79 Å². The third-order valence-electron chi connectivity index (χ3n) is 4.33. The first-order valence-corrected chi connectivity index (χ1v) is 8.90. The third-order valence-corrected chi connectivity index (χ3v) is 4.33. The summed E-state index contributed by atoms with van der Waals surface area (Å²) < 4.78 is 5.45. The molecule has 0 amide bonds. The Bertz CT molecular complexity index is 531. The first kappa shape index (κ1) is 21.7. The van der Waals surface area contributed by atoms with E-state index in [2.05, 4.69) is 34.7 Å². The fourth-order valence-electron chi connectivity index (χ4n) is 2.92. The zero-order valence-corrected chi connectivity index (χ0v) is 17.5. The first-order chi connectivity index (χ1) is 11.7. The zero-order valence-electron chi connectivity index (χ0n) is 15.2. The fraction of sp³-hybridized carbons (Fsp3) is 0.579. The number of nitrogens with zero attached hydrogens (tertiary/aromatic N) is 1. The lowest BCUT2D eigenvalue weighted by atomic mass is 10.1. The molecule has 0 aliphatic heterocycles. The van der Waals surface area contributed by atoms with Gasteiger partial charge in [-0.15, -0.1) is 24.0 Å². The van der Waals surface area contributed by atoms with E-state index in [0.717, 1.165) is 25.2 Å². The van der Waals surface area contributed by atoms with Crippen LogP contribution in [0.4, 0.5) is 0 Å². The lowest BCUT2D eigenvalue weighted by molar-refractivity contribution is -0.148. The molecule has 1 aromatic carbocycles. The maximum atomic E-state index is 11.8. The van der Waals surface area contributed by atoms with Crippen LogP contribution in [0.2, 0.25) is 0 Å². The van der Waals surface area contributed by atoms with Gasteiger partial charge >= 0.3 is 5.97 Å². The van der Waals surface area contributed by atoms with Crippen LogP contribution in [0.3, 0.4) is 0 Å². The maximum absolute atomic E-state index is 11.8. The van der Waals surface area contributed by atoms with Gasteiger partial charge in [-0.05, 0) is 44.6 Å². The average molecular weight is 459 g/mol. The first-order valence-electron chi connectivity index (χ1n) is 8.90. The van der Waals surface area contributed by atoms with Crippen molar-refractivity contribution < 1.29 is 9.53 Å². The van der Waals surface area contributed by atoms with Gasteiger partial charge < -0.3 is 15.4 Å². The minimum atomic E-state index is -0.0794. The molecule has 1 aromatic rings. The zero-order chi connectivity index (χ0) is 17.2. The van der Waals surface area contributed by atoms with Crippen molar-refractivity contribution in [1.29, 1.82) is 0 Å². The van der Waals surface area contributed by atoms with Gasteiger partial charge in [0.1, 0.15) is 6.10 Å². The Hall–Kier alpha value is -1.31.